The van der Waals surface area contributed by atoms with Crippen LogP contribution in [0, 0.1) is 0 Å². The molecule has 4 rings (SSSR count). The molecular formula is C22H27N5O. The van der Waals surface area contributed by atoms with E-state index in [2.05, 4.69) is 71.5 Å². The molecule has 0 saturated heterocycles. The van der Waals surface area contributed by atoms with Gasteiger partial charge in [0.15, 0.2) is 5.82 Å². The zero-order valence-electron chi connectivity index (χ0n) is 17.0. The van der Waals surface area contributed by atoms with Crippen molar-refractivity contribution in [1.82, 2.24) is 20.2 Å². The van der Waals surface area contributed by atoms with Gasteiger partial charge in [-0.25, -0.2) is 4.68 Å². The van der Waals surface area contributed by atoms with Crippen molar-refractivity contribution in [3.8, 4) is 5.75 Å². The summed E-state index contributed by atoms with van der Waals surface area (Å²) >= 11 is 0. The molecule has 0 aliphatic carbocycles. The van der Waals surface area contributed by atoms with Crippen LogP contribution in [-0.4, -0.2) is 33.9 Å². The fourth-order valence-corrected chi connectivity index (χ4v) is 4.01. The Balaban J connectivity index is 1.93. The van der Waals surface area contributed by atoms with Gasteiger partial charge < -0.3 is 9.64 Å². The lowest BCUT2D eigenvalue weighted by molar-refractivity contribution is 0.327. The van der Waals surface area contributed by atoms with Gasteiger partial charge in [0.1, 0.15) is 11.8 Å². The van der Waals surface area contributed by atoms with E-state index in [9.17, 15) is 0 Å². The van der Waals surface area contributed by atoms with E-state index in [0.717, 1.165) is 36.5 Å². The summed E-state index contributed by atoms with van der Waals surface area (Å²) in [7, 11) is 1.72. The molecule has 0 saturated carbocycles. The van der Waals surface area contributed by atoms with Crippen molar-refractivity contribution in [3.05, 3.63) is 65.5 Å². The number of ether oxygens (including phenoxy) is 1. The van der Waals surface area contributed by atoms with Crippen LogP contribution in [0.25, 0.3) is 0 Å². The second-order valence-electron chi connectivity index (χ2n) is 8.19. The predicted molar refractivity (Wildman–Crippen MR) is 110 cm³/mol. The maximum atomic E-state index is 5.72. The SMILES string of the molecule is COc1ccccc1[C@H](c1nnnn1C(C)(C)C)N1CCCc2ccccc21. The van der Waals surface area contributed by atoms with E-state index < -0.39 is 0 Å². The average molecular weight is 377 g/mol. The number of hydrogen-bond acceptors (Lipinski definition) is 5. The summed E-state index contributed by atoms with van der Waals surface area (Å²) in [6.45, 7) is 7.31. The fraction of sp³-hybridized carbons (Fsp3) is 0.409. The number of methoxy groups -OCH3 is 1. The van der Waals surface area contributed by atoms with Gasteiger partial charge in [0.25, 0.3) is 0 Å². The van der Waals surface area contributed by atoms with Crippen molar-refractivity contribution >= 4 is 5.69 Å². The molecule has 0 spiro atoms. The van der Waals surface area contributed by atoms with Crippen LogP contribution < -0.4 is 9.64 Å². The maximum Gasteiger partial charge on any atom is 0.179 e. The number of anilines is 1. The summed E-state index contributed by atoms with van der Waals surface area (Å²) in [5, 5.41) is 12.9. The highest BCUT2D eigenvalue weighted by atomic mass is 16.5. The van der Waals surface area contributed by atoms with Crippen molar-refractivity contribution in [1.29, 1.82) is 0 Å². The highest BCUT2D eigenvalue weighted by Gasteiger charge is 2.35. The normalized spacial score (nSPS) is 15.2. The molecule has 0 bridgehead atoms. The first-order valence-corrected chi connectivity index (χ1v) is 9.77. The van der Waals surface area contributed by atoms with Crippen LogP contribution in [0.3, 0.4) is 0 Å². The van der Waals surface area contributed by atoms with Gasteiger partial charge in [-0.1, -0.05) is 36.4 Å². The molecule has 0 N–H and O–H groups in total. The van der Waals surface area contributed by atoms with Gasteiger partial charge in [-0.15, -0.1) is 5.10 Å². The van der Waals surface area contributed by atoms with Crippen LogP contribution in [0.2, 0.25) is 0 Å². The Hall–Kier alpha value is -2.89. The minimum atomic E-state index is -0.228. The Bertz CT molecular complexity index is 959. The number of fused-ring (bicyclic) bond motifs is 1. The highest BCUT2D eigenvalue weighted by molar-refractivity contribution is 5.59. The Morgan fingerprint density at radius 2 is 1.79 bits per heavy atom. The monoisotopic (exact) mass is 377 g/mol. The zero-order chi connectivity index (χ0) is 19.7. The first-order chi connectivity index (χ1) is 13.5. The lowest BCUT2D eigenvalue weighted by Crippen LogP contribution is -2.38. The van der Waals surface area contributed by atoms with Gasteiger partial charge in [0, 0.05) is 17.8 Å². The molecular weight excluding hydrogens is 350 g/mol. The van der Waals surface area contributed by atoms with Gasteiger partial charge in [0.2, 0.25) is 0 Å². The lowest BCUT2D eigenvalue weighted by Gasteiger charge is -2.38. The Morgan fingerprint density at radius 3 is 2.57 bits per heavy atom. The molecule has 28 heavy (non-hydrogen) atoms. The number of nitrogens with zero attached hydrogens (tertiary/aromatic N) is 5. The minimum Gasteiger partial charge on any atom is -0.496 e. The largest absolute Gasteiger partial charge is 0.496 e. The smallest absolute Gasteiger partial charge is 0.179 e. The number of hydrogen-bond donors (Lipinski definition) is 0. The molecule has 0 radical (unpaired) electrons. The van der Waals surface area contributed by atoms with Crippen LogP contribution >= 0.6 is 0 Å². The minimum absolute atomic E-state index is 0.133. The van der Waals surface area contributed by atoms with Gasteiger partial charge in [-0.3, -0.25) is 0 Å². The number of tetrazole rings is 1. The Morgan fingerprint density at radius 1 is 1.04 bits per heavy atom. The van der Waals surface area contributed by atoms with E-state index in [-0.39, 0.29) is 11.6 Å². The third-order valence-corrected chi connectivity index (χ3v) is 5.26. The molecule has 6 nitrogen and oxygen atoms in total. The average Bonchev–Trinajstić information content (AvgIpc) is 3.19. The molecule has 2 heterocycles. The van der Waals surface area contributed by atoms with E-state index in [1.165, 1.54) is 11.3 Å². The molecule has 1 aliphatic rings. The molecule has 1 atom stereocenters. The summed E-state index contributed by atoms with van der Waals surface area (Å²) in [4.78, 5) is 2.42. The molecule has 1 aliphatic heterocycles. The molecule has 0 fully saturated rings. The standard InChI is InChI=1S/C22H27N5O/c1-22(2,3)27-21(23-24-25-27)20(17-12-6-8-14-19(17)28-4)26-15-9-11-16-10-5-7-13-18(16)26/h5-8,10,12-14,20H,9,11,15H2,1-4H3/t20-/m1/s1. The molecule has 0 amide bonds. The number of aromatic nitrogens is 4. The van der Waals surface area contributed by atoms with E-state index in [1.54, 1.807) is 7.11 Å². The number of rotatable bonds is 4. The molecule has 0 unspecified atom stereocenters. The second-order valence-corrected chi connectivity index (χ2v) is 8.19. The maximum absolute atomic E-state index is 5.72. The lowest BCUT2D eigenvalue weighted by atomic mass is 9.95. The number of aryl methyl sites for hydroxylation is 1. The second kappa shape index (κ2) is 7.26. The topological polar surface area (TPSA) is 56.1 Å². The summed E-state index contributed by atoms with van der Waals surface area (Å²) in [6, 6.07) is 16.7. The number of benzene rings is 2. The van der Waals surface area contributed by atoms with E-state index in [1.807, 2.05) is 22.9 Å². The Kier molecular flexibility index (Phi) is 4.79. The zero-order valence-corrected chi connectivity index (χ0v) is 17.0. The van der Waals surface area contributed by atoms with Crippen molar-refractivity contribution in [2.24, 2.45) is 0 Å². The summed E-state index contributed by atoms with van der Waals surface area (Å²) in [5.41, 5.74) is 3.45. The van der Waals surface area contributed by atoms with E-state index in [0.29, 0.717) is 0 Å². The summed E-state index contributed by atoms with van der Waals surface area (Å²) < 4.78 is 7.66. The quantitative estimate of drug-likeness (QED) is 0.688. The predicted octanol–water partition coefficient (Wildman–Crippen LogP) is 3.98. The number of para-hydroxylation sites is 2. The Labute approximate surface area is 166 Å². The van der Waals surface area contributed by atoms with Gasteiger partial charge in [-0.2, -0.15) is 0 Å². The van der Waals surface area contributed by atoms with Gasteiger partial charge >= 0.3 is 0 Å². The highest BCUT2D eigenvalue weighted by Crippen LogP contribution is 2.40. The van der Waals surface area contributed by atoms with Crippen molar-refractivity contribution in [2.45, 2.75) is 45.2 Å². The third-order valence-electron chi connectivity index (χ3n) is 5.26. The van der Waals surface area contributed by atoms with Crippen molar-refractivity contribution in [2.75, 3.05) is 18.6 Å². The molecule has 1 aromatic heterocycles. The van der Waals surface area contributed by atoms with Gasteiger partial charge in [-0.05, 0) is 61.7 Å². The van der Waals surface area contributed by atoms with Crippen LogP contribution in [0.15, 0.2) is 48.5 Å². The van der Waals surface area contributed by atoms with Gasteiger partial charge in [0.05, 0.1) is 12.6 Å². The fourth-order valence-electron chi connectivity index (χ4n) is 4.01. The van der Waals surface area contributed by atoms with E-state index >= 15 is 0 Å². The van der Waals surface area contributed by atoms with Crippen LogP contribution in [0.1, 0.15) is 50.2 Å². The van der Waals surface area contributed by atoms with Crippen LogP contribution in [0.4, 0.5) is 5.69 Å². The van der Waals surface area contributed by atoms with Crippen LogP contribution in [-0.2, 0) is 12.0 Å². The molecule has 146 valence electrons. The summed E-state index contributed by atoms with van der Waals surface area (Å²) in [5.74, 6) is 1.67. The van der Waals surface area contributed by atoms with E-state index in [4.69, 9.17) is 4.74 Å². The summed E-state index contributed by atoms with van der Waals surface area (Å²) in [6.07, 6.45) is 2.19. The first kappa shape index (κ1) is 18.5. The molecule has 2 aromatic carbocycles. The first-order valence-electron chi connectivity index (χ1n) is 9.77. The van der Waals surface area contributed by atoms with Crippen molar-refractivity contribution < 1.29 is 4.74 Å². The van der Waals surface area contributed by atoms with Crippen molar-refractivity contribution in [3.63, 3.8) is 0 Å². The molecule has 3 aromatic rings. The van der Waals surface area contributed by atoms with Crippen LogP contribution in [0.5, 0.6) is 5.75 Å². The molecule has 6 heteroatoms. The third kappa shape index (κ3) is 3.23.